The first-order chi connectivity index (χ1) is 14.4. The lowest BCUT2D eigenvalue weighted by Crippen LogP contribution is -2.38. The first-order valence-corrected chi connectivity index (χ1v) is 9.75. The molecule has 0 saturated heterocycles. The molecule has 7 nitrogen and oxygen atoms in total. The van der Waals surface area contributed by atoms with Gasteiger partial charge in [0.1, 0.15) is 22.9 Å². The van der Waals surface area contributed by atoms with Gasteiger partial charge in [0, 0.05) is 12.1 Å². The lowest BCUT2D eigenvalue weighted by atomic mass is 10.0. The fourth-order valence-corrected chi connectivity index (χ4v) is 3.33. The van der Waals surface area contributed by atoms with E-state index < -0.39 is 0 Å². The Hall–Kier alpha value is -3.48. The molecule has 0 atom stereocenters. The molecule has 1 aliphatic rings. The third kappa shape index (κ3) is 3.96. The van der Waals surface area contributed by atoms with Gasteiger partial charge in [0.25, 0.3) is 11.8 Å². The number of nitrogens with one attached hydrogen (secondary N) is 1. The van der Waals surface area contributed by atoms with Crippen LogP contribution in [0, 0.1) is 0 Å². The average molecular weight is 410 g/mol. The van der Waals surface area contributed by atoms with Crippen molar-refractivity contribution in [3.8, 4) is 17.2 Å². The Morgan fingerprint density at radius 3 is 2.17 bits per heavy atom. The molecule has 7 heteroatoms. The van der Waals surface area contributed by atoms with Crippen LogP contribution in [0.5, 0.6) is 17.2 Å². The van der Waals surface area contributed by atoms with Crippen molar-refractivity contribution >= 4 is 23.1 Å². The summed E-state index contributed by atoms with van der Waals surface area (Å²) in [6.07, 6.45) is 0. The summed E-state index contributed by atoms with van der Waals surface area (Å²) < 4.78 is 16.2. The maximum atomic E-state index is 13.2. The number of methoxy groups -OCH3 is 2. The smallest absolute Gasteiger partial charge is 0.278 e. The van der Waals surface area contributed by atoms with Crippen LogP contribution in [0.3, 0.4) is 0 Å². The number of amides is 2. The van der Waals surface area contributed by atoms with Crippen LogP contribution >= 0.6 is 0 Å². The van der Waals surface area contributed by atoms with Gasteiger partial charge >= 0.3 is 0 Å². The minimum absolute atomic E-state index is 0.199. The van der Waals surface area contributed by atoms with Crippen molar-refractivity contribution in [3.05, 3.63) is 53.7 Å². The Morgan fingerprint density at radius 1 is 0.933 bits per heavy atom. The molecule has 0 fully saturated rings. The Kier molecular flexibility index (Phi) is 6.30. The quantitative estimate of drug-likeness (QED) is 0.669. The topological polar surface area (TPSA) is 77.1 Å². The van der Waals surface area contributed by atoms with Crippen LogP contribution in [0.4, 0.5) is 5.69 Å². The van der Waals surface area contributed by atoms with Crippen LogP contribution in [-0.2, 0) is 9.59 Å². The third-order valence-electron chi connectivity index (χ3n) is 4.75. The van der Waals surface area contributed by atoms with Crippen molar-refractivity contribution in [1.29, 1.82) is 0 Å². The van der Waals surface area contributed by atoms with E-state index in [1.165, 1.54) is 12.0 Å². The number of nitrogens with zero attached hydrogens (tertiary/aromatic N) is 1. The standard InChI is InChI=1S/C23H26N2O5/c1-6-30-16-9-7-15(8-10-16)20-21(23(27)25(14(2)3)22(20)26)24-18-13-17(28-4)11-12-19(18)29-5/h7-14,24H,6H2,1-5H3. The van der Waals surface area contributed by atoms with Gasteiger partial charge in [-0.2, -0.15) is 0 Å². The lowest BCUT2D eigenvalue weighted by molar-refractivity contribution is -0.138. The Bertz CT molecular complexity index is 980. The summed E-state index contributed by atoms with van der Waals surface area (Å²) in [5.74, 6) is 1.09. The summed E-state index contributed by atoms with van der Waals surface area (Å²) in [7, 11) is 3.09. The van der Waals surface area contributed by atoms with Crippen LogP contribution in [-0.4, -0.2) is 43.6 Å². The molecule has 30 heavy (non-hydrogen) atoms. The monoisotopic (exact) mass is 410 g/mol. The number of ether oxygens (including phenoxy) is 3. The molecule has 2 amide bonds. The van der Waals surface area contributed by atoms with E-state index in [-0.39, 0.29) is 23.6 Å². The zero-order valence-corrected chi connectivity index (χ0v) is 17.8. The highest BCUT2D eigenvalue weighted by atomic mass is 16.5. The minimum atomic E-state index is -0.385. The molecule has 0 radical (unpaired) electrons. The molecular weight excluding hydrogens is 384 g/mol. The van der Waals surface area contributed by atoms with Crippen LogP contribution < -0.4 is 19.5 Å². The Morgan fingerprint density at radius 2 is 1.60 bits per heavy atom. The highest BCUT2D eigenvalue weighted by Crippen LogP contribution is 2.36. The van der Waals surface area contributed by atoms with Gasteiger partial charge in [-0.3, -0.25) is 14.5 Å². The average Bonchev–Trinajstić information content (AvgIpc) is 2.98. The second-order valence-electron chi connectivity index (χ2n) is 6.97. The number of imide groups is 1. The summed E-state index contributed by atoms with van der Waals surface area (Å²) in [6.45, 7) is 6.06. The second-order valence-corrected chi connectivity index (χ2v) is 6.97. The number of hydrogen-bond acceptors (Lipinski definition) is 6. The molecule has 0 aromatic heterocycles. The van der Waals surface area contributed by atoms with Crippen molar-refractivity contribution in [2.75, 3.05) is 26.1 Å². The predicted octanol–water partition coefficient (Wildman–Crippen LogP) is 3.70. The van der Waals surface area contributed by atoms with Gasteiger partial charge in [-0.15, -0.1) is 0 Å². The summed E-state index contributed by atoms with van der Waals surface area (Å²) in [5, 5.41) is 3.12. The molecular formula is C23H26N2O5. The van der Waals surface area contributed by atoms with Gasteiger partial charge in [-0.1, -0.05) is 12.1 Å². The van der Waals surface area contributed by atoms with E-state index in [9.17, 15) is 9.59 Å². The fourth-order valence-electron chi connectivity index (χ4n) is 3.33. The maximum Gasteiger partial charge on any atom is 0.278 e. The van der Waals surface area contributed by atoms with Gasteiger partial charge in [0.05, 0.1) is 32.1 Å². The number of carbonyl (C=O) groups is 2. The molecule has 1 aliphatic heterocycles. The fraction of sp³-hybridized carbons (Fsp3) is 0.304. The Balaban J connectivity index is 2.10. The van der Waals surface area contributed by atoms with Crippen LogP contribution in [0.25, 0.3) is 5.57 Å². The predicted molar refractivity (Wildman–Crippen MR) is 115 cm³/mol. The third-order valence-corrected chi connectivity index (χ3v) is 4.75. The summed E-state index contributed by atoms with van der Waals surface area (Å²) >= 11 is 0. The zero-order valence-electron chi connectivity index (χ0n) is 17.8. The van der Waals surface area contributed by atoms with Crippen LogP contribution in [0.15, 0.2) is 48.2 Å². The normalized spacial score (nSPS) is 13.9. The van der Waals surface area contributed by atoms with Gasteiger partial charge in [-0.25, -0.2) is 0 Å². The molecule has 0 saturated carbocycles. The van der Waals surface area contributed by atoms with E-state index in [2.05, 4.69) is 5.32 Å². The molecule has 0 unspecified atom stereocenters. The van der Waals surface area contributed by atoms with Crippen molar-refractivity contribution < 1.29 is 23.8 Å². The highest BCUT2D eigenvalue weighted by Gasteiger charge is 2.40. The number of anilines is 1. The first-order valence-electron chi connectivity index (χ1n) is 9.75. The first kappa shape index (κ1) is 21.2. The molecule has 158 valence electrons. The molecule has 1 N–H and O–H groups in total. The summed E-state index contributed by atoms with van der Waals surface area (Å²) in [6, 6.07) is 12.1. The van der Waals surface area contributed by atoms with Gasteiger partial charge in [0.15, 0.2) is 0 Å². The number of carbonyl (C=O) groups excluding carboxylic acids is 2. The van der Waals surface area contributed by atoms with E-state index in [0.29, 0.717) is 40.7 Å². The van der Waals surface area contributed by atoms with E-state index in [1.807, 2.05) is 6.92 Å². The van der Waals surface area contributed by atoms with Gasteiger partial charge in [-0.05, 0) is 50.6 Å². The van der Waals surface area contributed by atoms with E-state index in [0.717, 1.165) is 0 Å². The van der Waals surface area contributed by atoms with E-state index >= 15 is 0 Å². The number of hydrogen-bond donors (Lipinski definition) is 1. The minimum Gasteiger partial charge on any atom is -0.497 e. The van der Waals surface area contributed by atoms with E-state index in [4.69, 9.17) is 14.2 Å². The van der Waals surface area contributed by atoms with Gasteiger partial charge in [0.2, 0.25) is 0 Å². The molecule has 3 rings (SSSR count). The molecule has 2 aromatic carbocycles. The van der Waals surface area contributed by atoms with Crippen LogP contribution in [0.1, 0.15) is 26.3 Å². The van der Waals surface area contributed by atoms with Crippen molar-refractivity contribution in [2.45, 2.75) is 26.8 Å². The van der Waals surface area contributed by atoms with Crippen molar-refractivity contribution in [1.82, 2.24) is 4.90 Å². The number of rotatable bonds is 8. The van der Waals surface area contributed by atoms with Crippen molar-refractivity contribution in [2.24, 2.45) is 0 Å². The summed E-state index contributed by atoms with van der Waals surface area (Å²) in [5.41, 5.74) is 1.66. The molecule has 1 heterocycles. The SMILES string of the molecule is CCOc1ccc(C2=C(Nc3cc(OC)ccc3OC)C(=O)N(C(C)C)C2=O)cc1. The number of benzene rings is 2. The second kappa shape index (κ2) is 8.90. The summed E-state index contributed by atoms with van der Waals surface area (Å²) in [4.78, 5) is 27.6. The molecule has 2 aromatic rings. The van der Waals surface area contributed by atoms with Crippen LogP contribution in [0.2, 0.25) is 0 Å². The lowest BCUT2D eigenvalue weighted by Gasteiger charge is -2.19. The van der Waals surface area contributed by atoms with Crippen molar-refractivity contribution in [3.63, 3.8) is 0 Å². The Labute approximate surface area is 176 Å². The van der Waals surface area contributed by atoms with Gasteiger partial charge < -0.3 is 19.5 Å². The molecule has 0 bridgehead atoms. The maximum absolute atomic E-state index is 13.2. The molecule has 0 aliphatic carbocycles. The zero-order chi connectivity index (χ0) is 21.8. The molecule has 0 spiro atoms. The largest absolute Gasteiger partial charge is 0.497 e. The highest BCUT2D eigenvalue weighted by molar-refractivity contribution is 6.36. The van der Waals surface area contributed by atoms with E-state index in [1.54, 1.807) is 63.4 Å².